The van der Waals surface area contributed by atoms with E-state index in [1.807, 2.05) is 31.2 Å². The number of thioether (sulfide) groups is 1. The molecule has 0 amide bonds. The van der Waals surface area contributed by atoms with Gasteiger partial charge in [-0.1, -0.05) is 36.0 Å². The maximum Gasteiger partial charge on any atom is 0.257 e. The summed E-state index contributed by atoms with van der Waals surface area (Å²) in [5.74, 6) is 0.209. The fourth-order valence-corrected chi connectivity index (χ4v) is 2.34. The molecule has 5 nitrogen and oxygen atoms in total. The summed E-state index contributed by atoms with van der Waals surface area (Å²) in [5, 5.41) is 12.2. The van der Waals surface area contributed by atoms with Crippen LogP contribution in [0.4, 0.5) is 0 Å². The first-order valence-electron chi connectivity index (χ1n) is 5.17. The zero-order valence-corrected chi connectivity index (χ0v) is 10.1. The first kappa shape index (κ1) is 11.8. The molecule has 3 N–H and O–H groups in total. The number of para-hydroxylation sites is 2. The van der Waals surface area contributed by atoms with Gasteiger partial charge in [0.25, 0.3) is 5.22 Å². The van der Waals surface area contributed by atoms with Gasteiger partial charge in [0.1, 0.15) is 11.4 Å². The highest BCUT2D eigenvalue weighted by molar-refractivity contribution is 7.99. The van der Waals surface area contributed by atoms with E-state index < -0.39 is 0 Å². The zero-order valence-electron chi connectivity index (χ0n) is 9.33. The molecule has 0 spiro atoms. The van der Waals surface area contributed by atoms with Crippen LogP contribution in [0.2, 0.25) is 0 Å². The summed E-state index contributed by atoms with van der Waals surface area (Å²) in [6, 6.07) is 7.60. The summed E-state index contributed by atoms with van der Waals surface area (Å²) in [4.78, 5) is 4.34. The van der Waals surface area contributed by atoms with Gasteiger partial charge in [-0.15, -0.1) is 0 Å². The summed E-state index contributed by atoms with van der Waals surface area (Å²) in [6.45, 7) is 1.97. The van der Waals surface area contributed by atoms with Crippen molar-refractivity contribution in [2.75, 3.05) is 0 Å². The van der Waals surface area contributed by atoms with Crippen LogP contribution in [0.3, 0.4) is 0 Å². The Hall–Kier alpha value is -1.69. The maximum atomic E-state index is 8.48. The molecule has 2 rings (SSSR count). The number of hydrogen-bond acceptors (Lipinski definition) is 5. The third kappa shape index (κ3) is 2.91. The molecule has 0 radical (unpaired) electrons. The Labute approximate surface area is 103 Å². The van der Waals surface area contributed by atoms with E-state index in [-0.39, 0.29) is 11.1 Å². The number of oxazole rings is 1. The number of nitrogens with zero attached hydrogens (tertiary/aromatic N) is 2. The molecule has 1 aromatic carbocycles. The largest absolute Gasteiger partial charge is 0.431 e. The highest BCUT2D eigenvalue weighted by Gasteiger charge is 2.12. The van der Waals surface area contributed by atoms with Crippen molar-refractivity contribution in [2.24, 2.45) is 10.9 Å². The number of rotatable bonds is 4. The molecular formula is C11H13N3O2S. The number of oxime groups is 1. The lowest BCUT2D eigenvalue weighted by molar-refractivity contribution is 0.317. The second kappa shape index (κ2) is 5.09. The van der Waals surface area contributed by atoms with E-state index in [2.05, 4.69) is 10.1 Å². The van der Waals surface area contributed by atoms with Crippen molar-refractivity contribution in [1.29, 1.82) is 0 Å². The molecule has 0 aliphatic carbocycles. The summed E-state index contributed by atoms with van der Waals surface area (Å²) in [5.41, 5.74) is 7.05. The molecule has 0 aliphatic rings. The van der Waals surface area contributed by atoms with Gasteiger partial charge in [-0.05, 0) is 12.1 Å². The molecule has 6 heteroatoms. The first-order chi connectivity index (χ1) is 8.19. The SMILES string of the molecule is CC(CC(N)=NO)Sc1nc2ccccc2o1. The van der Waals surface area contributed by atoms with Crippen LogP contribution in [0.5, 0.6) is 0 Å². The summed E-state index contributed by atoms with van der Waals surface area (Å²) in [6.07, 6.45) is 0.486. The van der Waals surface area contributed by atoms with E-state index in [1.54, 1.807) is 0 Å². The van der Waals surface area contributed by atoms with E-state index in [0.29, 0.717) is 11.6 Å². The summed E-state index contributed by atoms with van der Waals surface area (Å²) in [7, 11) is 0. The van der Waals surface area contributed by atoms with E-state index in [4.69, 9.17) is 15.4 Å². The number of benzene rings is 1. The molecule has 0 aliphatic heterocycles. The van der Waals surface area contributed by atoms with E-state index in [9.17, 15) is 0 Å². The van der Waals surface area contributed by atoms with Crippen LogP contribution in [0.25, 0.3) is 11.1 Å². The topological polar surface area (TPSA) is 84.6 Å². The summed E-state index contributed by atoms with van der Waals surface area (Å²) >= 11 is 1.46. The van der Waals surface area contributed by atoms with Gasteiger partial charge in [0.15, 0.2) is 5.58 Å². The van der Waals surface area contributed by atoms with Crippen molar-refractivity contribution in [1.82, 2.24) is 4.98 Å². The molecule has 0 bridgehead atoms. The van der Waals surface area contributed by atoms with Gasteiger partial charge in [0.2, 0.25) is 0 Å². The maximum absolute atomic E-state index is 8.48. The molecular weight excluding hydrogens is 238 g/mol. The van der Waals surface area contributed by atoms with E-state index in [1.165, 1.54) is 11.8 Å². The molecule has 0 fully saturated rings. The van der Waals surface area contributed by atoms with Crippen LogP contribution < -0.4 is 5.73 Å². The van der Waals surface area contributed by atoms with Crippen LogP contribution in [-0.2, 0) is 0 Å². The Morgan fingerprint density at radius 1 is 1.59 bits per heavy atom. The van der Waals surface area contributed by atoms with Crippen LogP contribution in [-0.4, -0.2) is 21.3 Å². The lowest BCUT2D eigenvalue weighted by Gasteiger charge is -2.05. The van der Waals surface area contributed by atoms with Crippen molar-refractivity contribution in [3.63, 3.8) is 0 Å². The Kier molecular flexibility index (Phi) is 3.53. The number of amidine groups is 1. The lowest BCUT2D eigenvalue weighted by atomic mass is 10.3. The number of aromatic nitrogens is 1. The number of nitrogens with two attached hydrogens (primary N) is 1. The van der Waals surface area contributed by atoms with Crippen LogP contribution in [0.1, 0.15) is 13.3 Å². The van der Waals surface area contributed by atoms with Crippen LogP contribution in [0, 0.1) is 0 Å². The fraction of sp³-hybridized carbons (Fsp3) is 0.273. The third-order valence-corrected chi connectivity index (χ3v) is 3.15. The number of hydrogen-bond donors (Lipinski definition) is 2. The minimum Gasteiger partial charge on any atom is -0.431 e. The monoisotopic (exact) mass is 251 g/mol. The van der Waals surface area contributed by atoms with Gasteiger partial charge < -0.3 is 15.4 Å². The second-order valence-corrected chi connectivity index (χ2v) is 5.06. The average molecular weight is 251 g/mol. The van der Waals surface area contributed by atoms with Crippen LogP contribution in [0.15, 0.2) is 39.1 Å². The molecule has 1 atom stereocenters. The minimum absolute atomic E-state index is 0.138. The standard InChI is InChI=1S/C11H13N3O2S/c1-7(6-10(12)14-15)17-11-13-8-4-2-3-5-9(8)16-11/h2-5,7,15H,6H2,1H3,(H2,12,14). The summed E-state index contributed by atoms with van der Waals surface area (Å²) < 4.78 is 5.56. The van der Waals surface area contributed by atoms with Gasteiger partial charge in [0.05, 0.1) is 0 Å². The lowest BCUT2D eigenvalue weighted by Crippen LogP contribution is -2.16. The Bertz CT molecular complexity index is 505. The van der Waals surface area contributed by atoms with Crippen molar-refractivity contribution >= 4 is 28.7 Å². The van der Waals surface area contributed by atoms with Gasteiger partial charge in [-0.25, -0.2) is 4.98 Å². The van der Waals surface area contributed by atoms with Gasteiger partial charge in [-0.3, -0.25) is 0 Å². The van der Waals surface area contributed by atoms with Gasteiger partial charge in [-0.2, -0.15) is 0 Å². The quantitative estimate of drug-likeness (QED) is 0.286. The van der Waals surface area contributed by atoms with E-state index >= 15 is 0 Å². The van der Waals surface area contributed by atoms with Crippen LogP contribution >= 0.6 is 11.8 Å². The van der Waals surface area contributed by atoms with Crippen molar-refractivity contribution in [3.8, 4) is 0 Å². The Morgan fingerprint density at radius 3 is 3.06 bits per heavy atom. The Morgan fingerprint density at radius 2 is 2.35 bits per heavy atom. The number of fused-ring (bicyclic) bond motifs is 1. The molecule has 0 saturated carbocycles. The second-order valence-electron chi connectivity index (χ2n) is 3.67. The van der Waals surface area contributed by atoms with Gasteiger partial charge >= 0.3 is 0 Å². The molecule has 2 aromatic rings. The molecule has 1 aromatic heterocycles. The van der Waals surface area contributed by atoms with Gasteiger partial charge in [0, 0.05) is 11.7 Å². The molecule has 0 saturated heterocycles. The van der Waals surface area contributed by atoms with E-state index in [0.717, 1.165) is 11.1 Å². The molecule has 1 unspecified atom stereocenters. The predicted molar refractivity (Wildman–Crippen MR) is 67.4 cm³/mol. The fourth-order valence-electron chi connectivity index (χ4n) is 1.45. The normalized spacial score (nSPS) is 14.1. The molecule has 17 heavy (non-hydrogen) atoms. The minimum atomic E-state index is 0.138. The molecule has 1 heterocycles. The highest BCUT2D eigenvalue weighted by atomic mass is 32.2. The zero-order chi connectivity index (χ0) is 12.3. The first-order valence-corrected chi connectivity index (χ1v) is 6.05. The average Bonchev–Trinajstić information content (AvgIpc) is 2.70. The third-order valence-electron chi connectivity index (χ3n) is 2.20. The molecule has 90 valence electrons. The Balaban J connectivity index is 2.08. The van der Waals surface area contributed by atoms with Crippen molar-refractivity contribution < 1.29 is 9.62 Å². The smallest absolute Gasteiger partial charge is 0.257 e. The highest BCUT2D eigenvalue weighted by Crippen LogP contribution is 2.27. The predicted octanol–water partition coefficient (Wildman–Crippen LogP) is 2.44. The van der Waals surface area contributed by atoms with Crippen molar-refractivity contribution in [3.05, 3.63) is 24.3 Å². The van der Waals surface area contributed by atoms with Crippen molar-refractivity contribution in [2.45, 2.75) is 23.8 Å².